The zero-order chi connectivity index (χ0) is 10.7. The maximum absolute atomic E-state index is 9.59. The van der Waals surface area contributed by atoms with Crippen LogP contribution in [0.25, 0.3) is 0 Å². The van der Waals surface area contributed by atoms with Gasteiger partial charge < -0.3 is 0 Å². The van der Waals surface area contributed by atoms with E-state index in [1.807, 2.05) is 0 Å². The number of aliphatic hydroxyl groups excluding tert-OH is 1. The van der Waals surface area contributed by atoms with Crippen molar-refractivity contribution in [3.05, 3.63) is 47.7 Å². The third-order valence-corrected chi connectivity index (χ3v) is 14.2. The Kier molecular flexibility index (Phi) is 3.79. The molecule has 2 rings (SSSR count). The molecule has 0 saturated heterocycles. The van der Waals surface area contributed by atoms with Gasteiger partial charge in [0.2, 0.25) is 0 Å². The number of hydrogen-bond acceptors (Lipinski definition) is 1. The van der Waals surface area contributed by atoms with Gasteiger partial charge in [-0.3, -0.25) is 0 Å². The maximum atomic E-state index is 9.59. The van der Waals surface area contributed by atoms with E-state index in [9.17, 15) is 5.11 Å². The van der Waals surface area contributed by atoms with Gasteiger partial charge in [0.25, 0.3) is 0 Å². The van der Waals surface area contributed by atoms with Gasteiger partial charge in [-0.1, -0.05) is 0 Å². The van der Waals surface area contributed by atoms with Crippen LogP contribution in [0.5, 0.6) is 0 Å². The van der Waals surface area contributed by atoms with Gasteiger partial charge in [-0.05, 0) is 0 Å². The van der Waals surface area contributed by atoms with Gasteiger partial charge in [-0.2, -0.15) is 0 Å². The van der Waals surface area contributed by atoms with E-state index in [1.54, 1.807) is 0 Å². The summed E-state index contributed by atoms with van der Waals surface area (Å²) in [6.07, 6.45) is 3.35. The van der Waals surface area contributed by atoms with Gasteiger partial charge in [0.05, 0.1) is 0 Å². The topological polar surface area (TPSA) is 20.2 Å². The molecular weight excluding hydrogens is 287 g/mol. The summed E-state index contributed by atoms with van der Waals surface area (Å²) in [6.45, 7) is 2.24. The van der Waals surface area contributed by atoms with E-state index in [1.165, 1.54) is 16.2 Å². The Morgan fingerprint density at radius 1 is 1.33 bits per heavy atom. The van der Waals surface area contributed by atoms with Crippen LogP contribution < -0.4 is 0 Å². The van der Waals surface area contributed by atoms with E-state index >= 15 is 0 Å². The third-order valence-electron chi connectivity index (χ3n) is 3.30. The van der Waals surface area contributed by atoms with Crippen LogP contribution in [0, 0.1) is 0 Å². The van der Waals surface area contributed by atoms with Crippen LogP contribution in [0.15, 0.2) is 42.2 Å². The Morgan fingerprint density at radius 2 is 2.07 bits per heavy atom. The van der Waals surface area contributed by atoms with E-state index in [0.29, 0.717) is 5.76 Å². The van der Waals surface area contributed by atoms with Gasteiger partial charge in [0.15, 0.2) is 0 Å². The molecular formula is C13H17InO. The molecule has 0 saturated carbocycles. The molecule has 15 heavy (non-hydrogen) atoms. The molecule has 0 fully saturated rings. The quantitative estimate of drug-likeness (QED) is 0.906. The second kappa shape index (κ2) is 5.11. The van der Waals surface area contributed by atoms with Crippen molar-refractivity contribution in [2.75, 3.05) is 0 Å². The number of allylic oxidation sites excluding steroid dienone is 2. The summed E-state index contributed by atoms with van der Waals surface area (Å²) in [6, 6.07) is 10.7. The molecule has 0 bridgehead atoms. The summed E-state index contributed by atoms with van der Waals surface area (Å²) >= 11 is -1.55. The first-order valence-corrected chi connectivity index (χ1v) is 12.3. The van der Waals surface area contributed by atoms with Crippen LogP contribution in [-0.2, 0) is 4.18 Å². The van der Waals surface area contributed by atoms with E-state index in [-0.39, 0.29) is 0 Å². The van der Waals surface area contributed by atoms with Gasteiger partial charge in [0, 0.05) is 0 Å². The first-order chi connectivity index (χ1) is 7.29. The van der Waals surface area contributed by atoms with Crippen LogP contribution in [0.4, 0.5) is 0 Å². The van der Waals surface area contributed by atoms with Crippen LogP contribution in [0.2, 0.25) is 7.85 Å². The van der Waals surface area contributed by atoms with E-state index in [2.05, 4.69) is 43.3 Å². The van der Waals surface area contributed by atoms with Crippen molar-refractivity contribution in [3.8, 4) is 0 Å². The monoisotopic (exact) mass is 304 g/mol. The normalized spacial score (nSPS) is 20.5. The Hall–Kier alpha value is -0.370. The molecule has 1 aromatic carbocycles. The van der Waals surface area contributed by atoms with Crippen molar-refractivity contribution in [1.29, 1.82) is 0 Å². The Labute approximate surface area is 99.4 Å². The average Bonchev–Trinajstić information content (AvgIpc) is 2.60. The fourth-order valence-corrected chi connectivity index (χ4v) is 12.3. The zero-order valence-corrected chi connectivity index (χ0v) is 12.5. The van der Waals surface area contributed by atoms with Gasteiger partial charge in [0.1, 0.15) is 0 Å². The standard InChI is InChI=1S/C7H7.C6H10O.In/c1-7-5-3-2-4-6-7;1-3-4-5-6(2)7;/h2-6H,1H2;4-5,7H,2-3H2,1H3;. The van der Waals surface area contributed by atoms with Crippen molar-refractivity contribution in [2.24, 2.45) is 0 Å². The first-order valence-electron chi connectivity index (χ1n) is 5.73. The molecule has 1 N–H and O–H groups in total. The van der Waals surface area contributed by atoms with Crippen LogP contribution in [0.3, 0.4) is 0 Å². The van der Waals surface area contributed by atoms with Gasteiger partial charge >= 0.3 is 99.6 Å². The Morgan fingerprint density at radius 3 is 2.73 bits per heavy atom. The minimum atomic E-state index is -1.55. The van der Waals surface area contributed by atoms with E-state index in [0.717, 1.165) is 7.85 Å². The van der Waals surface area contributed by atoms with Gasteiger partial charge in [-0.25, -0.2) is 0 Å². The third kappa shape index (κ3) is 2.81. The molecule has 0 radical (unpaired) electrons. The summed E-state index contributed by atoms with van der Waals surface area (Å²) < 4.78 is 3.13. The molecule has 1 nitrogen and oxygen atoms in total. The molecule has 1 aliphatic heterocycles. The van der Waals surface area contributed by atoms with E-state index in [4.69, 9.17) is 0 Å². The second-order valence-electron chi connectivity index (χ2n) is 4.38. The zero-order valence-electron chi connectivity index (χ0n) is 9.19. The predicted octanol–water partition coefficient (Wildman–Crippen LogP) is 3.50. The van der Waals surface area contributed by atoms with Crippen molar-refractivity contribution < 1.29 is 5.11 Å². The molecule has 0 aliphatic carbocycles. The molecule has 78 valence electrons. The molecule has 1 unspecified atom stereocenters. The van der Waals surface area contributed by atoms with Crippen molar-refractivity contribution in [1.82, 2.24) is 0 Å². The molecule has 1 atom stereocenters. The molecule has 1 heterocycles. The van der Waals surface area contributed by atoms with Gasteiger partial charge in [-0.15, -0.1) is 0 Å². The fraction of sp³-hybridized carbons (Fsp3) is 0.385. The van der Waals surface area contributed by atoms with E-state index < -0.39 is 21.4 Å². The number of rotatable bonds is 3. The Balaban J connectivity index is 2.02. The van der Waals surface area contributed by atoms with Crippen LogP contribution >= 0.6 is 0 Å². The fourth-order valence-electron chi connectivity index (χ4n) is 2.46. The second-order valence-corrected chi connectivity index (χ2v) is 13.5. The number of aliphatic hydroxyl groups is 1. The molecule has 1 aliphatic rings. The van der Waals surface area contributed by atoms with Crippen LogP contribution in [0.1, 0.15) is 18.9 Å². The molecule has 0 spiro atoms. The molecule has 2 heteroatoms. The van der Waals surface area contributed by atoms with Crippen molar-refractivity contribution >= 4 is 21.4 Å². The summed E-state index contributed by atoms with van der Waals surface area (Å²) in [5.41, 5.74) is 1.47. The summed E-state index contributed by atoms with van der Waals surface area (Å²) in [4.78, 5) is 0. The number of hydrogen-bond donors (Lipinski definition) is 1. The first kappa shape index (κ1) is 11.1. The number of benzene rings is 1. The van der Waals surface area contributed by atoms with Crippen molar-refractivity contribution in [2.45, 2.75) is 25.4 Å². The average molecular weight is 304 g/mol. The molecule has 1 aromatic rings. The van der Waals surface area contributed by atoms with Crippen LogP contribution in [-0.4, -0.2) is 26.5 Å². The molecule has 0 aromatic heterocycles. The molecule has 0 amide bonds. The summed E-state index contributed by atoms with van der Waals surface area (Å²) in [7, 11) is 0. The minimum absolute atomic E-state index is 0.679. The SMILES string of the molecule is CC[CH]1C=C(O)[CH2][In]1[CH2]c1ccccc1. The Bertz CT molecular complexity index is 345. The summed E-state index contributed by atoms with van der Waals surface area (Å²) in [5, 5.41) is 9.59. The van der Waals surface area contributed by atoms with Crippen molar-refractivity contribution in [3.63, 3.8) is 0 Å². The predicted molar refractivity (Wildman–Crippen MR) is 65.5 cm³/mol. The summed E-state index contributed by atoms with van der Waals surface area (Å²) in [5.74, 6) is 0.679.